The monoisotopic (exact) mass is 239 g/mol. The minimum atomic E-state index is -0.221. The summed E-state index contributed by atoms with van der Waals surface area (Å²) in [5, 5.41) is 10.4. The van der Waals surface area contributed by atoms with Gasteiger partial charge in [-0.05, 0) is 29.9 Å². The molecular weight excluding hydrogens is 226 g/mol. The van der Waals surface area contributed by atoms with Crippen molar-refractivity contribution in [2.45, 2.75) is 6.42 Å². The number of phenolic OH excluding ortho intramolecular Hbond substituents is 1. The molecule has 1 amide bonds. The van der Waals surface area contributed by atoms with Crippen LogP contribution in [0, 0.1) is 0 Å². The number of nitrogens with two attached hydrogens (primary N) is 1. The normalized spacial score (nSPS) is 9.56. The first-order chi connectivity index (χ1) is 7.49. The Hall–Kier alpha value is -1.82. The van der Waals surface area contributed by atoms with E-state index in [1.165, 1.54) is 17.1 Å². The molecule has 0 aliphatic carbocycles. The van der Waals surface area contributed by atoms with Gasteiger partial charge in [-0.2, -0.15) is 0 Å². The van der Waals surface area contributed by atoms with Crippen molar-refractivity contribution in [1.82, 2.24) is 10.4 Å². The molecule has 0 aliphatic rings. The van der Waals surface area contributed by atoms with Gasteiger partial charge in [0.1, 0.15) is 5.75 Å². The van der Waals surface area contributed by atoms with Crippen LogP contribution in [0.15, 0.2) is 24.3 Å². The first kappa shape index (κ1) is 12.3. The molecule has 1 rings (SSSR count). The van der Waals surface area contributed by atoms with Crippen LogP contribution in [0.4, 0.5) is 0 Å². The Morgan fingerprint density at radius 1 is 1.50 bits per heavy atom. The van der Waals surface area contributed by atoms with Gasteiger partial charge in [0.05, 0.1) is 6.42 Å². The molecule has 0 aromatic heterocycles. The molecule has 1 aromatic rings. The first-order valence-electron chi connectivity index (χ1n) is 4.59. The maximum Gasteiger partial charge on any atom is 0.242 e. The second kappa shape index (κ2) is 5.32. The van der Waals surface area contributed by atoms with Crippen LogP contribution in [-0.4, -0.2) is 28.2 Å². The Balaban J connectivity index is 2.52. The van der Waals surface area contributed by atoms with Crippen molar-refractivity contribution < 1.29 is 9.90 Å². The Kier molecular flexibility index (Phi) is 4.07. The summed E-state index contributed by atoms with van der Waals surface area (Å²) in [6.07, 6.45) is 0.202. The summed E-state index contributed by atoms with van der Waals surface area (Å²) in [4.78, 5) is 11.5. The lowest BCUT2D eigenvalue weighted by Crippen LogP contribution is -2.46. The van der Waals surface area contributed by atoms with Crippen molar-refractivity contribution in [2.75, 3.05) is 7.05 Å². The molecule has 0 bridgehead atoms. The maximum absolute atomic E-state index is 11.5. The molecule has 0 aliphatic heterocycles. The molecule has 5 nitrogen and oxygen atoms in total. The van der Waals surface area contributed by atoms with Gasteiger partial charge >= 0.3 is 0 Å². The number of benzene rings is 1. The molecule has 86 valence electrons. The third-order valence-corrected chi connectivity index (χ3v) is 2.20. The zero-order chi connectivity index (χ0) is 12.1. The SMILES string of the molecule is CN(NC(=O)Cc1ccc(O)cc1)C(N)=S. The summed E-state index contributed by atoms with van der Waals surface area (Å²) in [5.74, 6) is -0.0506. The predicted molar refractivity (Wildman–Crippen MR) is 64.5 cm³/mol. The van der Waals surface area contributed by atoms with Gasteiger partial charge in [-0.15, -0.1) is 0 Å². The summed E-state index contributed by atoms with van der Waals surface area (Å²) < 4.78 is 0. The molecule has 6 heteroatoms. The highest BCUT2D eigenvalue weighted by Crippen LogP contribution is 2.09. The second-order valence-electron chi connectivity index (χ2n) is 3.28. The molecule has 0 saturated carbocycles. The van der Waals surface area contributed by atoms with Crippen LogP contribution in [0.3, 0.4) is 0 Å². The molecule has 1 aromatic carbocycles. The Morgan fingerprint density at radius 3 is 2.56 bits per heavy atom. The van der Waals surface area contributed by atoms with Crippen molar-refractivity contribution in [3.8, 4) is 5.75 Å². The van der Waals surface area contributed by atoms with Gasteiger partial charge in [0, 0.05) is 7.05 Å². The molecule has 0 atom stereocenters. The second-order valence-corrected chi connectivity index (χ2v) is 3.69. The number of nitrogens with zero attached hydrogens (tertiary/aromatic N) is 1. The summed E-state index contributed by atoms with van der Waals surface area (Å²) in [6.45, 7) is 0. The third-order valence-electron chi connectivity index (χ3n) is 1.92. The van der Waals surface area contributed by atoms with E-state index in [4.69, 9.17) is 10.8 Å². The van der Waals surface area contributed by atoms with Crippen LogP contribution in [0.2, 0.25) is 0 Å². The summed E-state index contributed by atoms with van der Waals surface area (Å²) in [7, 11) is 1.57. The van der Waals surface area contributed by atoms with Crippen LogP contribution >= 0.6 is 12.2 Å². The first-order valence-corrected chi connectivity index (χ1v) is 5.00. The number of phenols is 1. The van der Waals surface area contributed by atoms with Crippen molar-refractivity contribution >= 4 is 23.2 Å². The fourth-order valence-corrected chi connectivity index (χ4v) is 1.13. The van der Waals surface area contributed by atoms with Crippen LogP contribution in [0.5, 0.6) is 5.75 Å². The fourth-order valence-electron chi connectivity index (χ4n) is 1.08. The van der Waals surface area contributed by atoms with Gasteiger partial charge in [0.25, 0.3) is 0 Å². The van der Waals surface area contributed by atoms with Crippen LogP contribution in [0.25, 0.3) is 0 Å². The highest BCUT2D eigenvalue weighted by molar-refractivity contribution is 7.80. The molecule has 0 spiro atoms. The van der Waals surface area contributed by atoms with E-state index in [-0.39, 0.29) is 23.2 Å². The van der Waals surface area contributed by atoms with Crippen LogP contribution in [-0.2, 0) is 11.2 Å². The van der Waals surface area contributed by atoms with Gasteiger partial charge in [-0.25, -0.2) is 0 Å². The molecule has 0 radical (unpaired) electrons. The molecule has 0 fully saturated rings. The number of carbonyl (C=O) groups is 1. The van der Waals surface area contributed by atoms with E-state index in [9.17, 15) is 4.79 Å². The number of hydrazine groups is 1. The highest BCUT2D eigenvalue weighted by Gasteiger charge is 2.06. The van der Waals surface area contributed by atoms with Crippen molar-refractivity contribution in [2.24, 2.45) is 5.73 Å². The largest absolute Gasteiger partial charge is 0.508 e. The van der Waals surface area contributed by atoms with Gasteiger partial charge in [-0.1, -0.05) is 12.1 Å². The maximum atomic E-state index is 11.5. The van der Waals surface area contributed by atoms with E-state index in [0.29, 0.717) is 0 Å². The highest BCUT2D eigenvalue weighted by atomic mass is 32.1. The average molecular weight is 239 g/mol. The van der Waals surface area contributed by atoms with E-state index in [1.807, 2.05) is 0 Å². The van der Waals surface area contributed by atoms with E-state index >= 15 is 0 Å². The number of carbonyl (C=O) groups excluding carboxylic acids is 1. The topological polar surface area (TPSA) is 78.6 Å². The van der Waals surface area contributed by atoms with Crippen molar-refractivity contribution in [3.05, 3.63) is 29.8 Å². The lowest BCUT2D eigenvalue weighted by Gasteiger charge is -2.17. The minimum absolute atomic E-state index is 0.0963. The molecule has 0 unspecified atom stereocenters. The number of nitrogens with one attached hydrogen (secondary N) is 1. The molecule has 0 heterocycles. The number of aromatic hydroxyl groups is 1. The third kappa shape index (κ3) is 3.74. The van der Waals surface area contributed by atoms with Crippen molar-refractivity contribution in [1.29, 1.82) is 0 Å². The minimum Gasteiger partial charge on any atom is -0.508 e. The smallest absolute Gasteiger partial charge is 0.242 e. The molecule has 16 heavy (non-hydrogen) atoms. The zero-order valence-electron chi connectivity index (χ0n) is 8.80. The van der Waals surface area contributed by atoms with E-state index < -0.39 is 0 Å². The standard InChI is InChI=1S/C10H13N3O2S/c1-13(10(11)16)12-9(15)6-7-2-4-8(14)5-3-7/h2-5,14H,6H2,1H3,(H2,11,16)(H,12,15). The van der Waals surface area contributed by atoms with Crippen LogP contribution in [0.1, 0.15) is 5.56 Å². The van der Waals surface area contributed by atoms with E-state index in [0.717, 1.165) is 5.56 Å². The summed E-state index contributed by atoms with van der Waals surface area (Å²) in [6, 6.07) is 6.41. The molecular formula is C10H13N3O2S. The van der Waals surface area contributed by atoms with Gasteiger partial charge in [-0.3, -0.25) is 15.2 Å². The van der Waals surface area contributed by atoms with Gasteiger partial charge in [0.2, 0.25) is 5.91 Å². The predicted octanol–water partition coefficient (Wildman–Crippen LogP) is 0.141. The number of amides is 1. The van der Waals surface area contributed by atoms with E-state index in [1.54, 1.807) is 19.2 Å². The number of thiocarbonyl (C=S) groups is 1. The lowest BCUT2D eigenvalue weighted by molar-refractivity contribution is -0.123. The lowest BCUT2D eigenvalue weighted by atomic mass is 10.1. The Bertz CT molecular complexity index is 392. The zero-order valence-corrected chi connectivity index (χ0v) is 9.62. The number of hydrogen-bond acceptors (Lipinski definition) is 3. The van der Waals surface area contributed by atoms with E-state index in [2.05, 4.69) is 17.6 Å². The summed E-state index contributed by atoms with van der Waals surface area (Å²) >= 11 is 4.67. The van der Waals surface area contributed by atoms with Gasteiger partial charge < -0.3 is 10.8 Å². The molecule has 0 saturated heterocycles. The Morgan fingerprint density at radius 2 is 2.06 bits per heavy atom. The van der Waals surface area contributed by atoms with Crippen molar-refractivity contribution in [3.63, 3.8) is 0 Å². The fraction of sp³-hybridized carbons (Fsp3) is 0.200. The summed E-state index contributed by atoms with van der Waals surface area (Å²) in [5.41, 5.74) is 8.61. The number of hydrogen-bond donors (Lipinski definition) is 3. The van der Waals surface area contributed by atoms with Crippen LogP contribution < -0.4 is 11.2 Å². The quantitative estimate of drug-likeness (QED) is 0.505. The van der Waals surface area contributed by atoms with Gasteiger partial charge in [0.15, 0.2) is 5.11 Å². The Labute approximate surface area is 98.8 Å². The molecule has 4 N–H and O–H groups in total. The average Bonchev–Trinajstić information content (AvgIpc) is 2.21. The number of rotatable bonds is 2.